The molecule has 0 aromatic heterocycles. The van der Waals surface area contributed by atoms with Gasteiger partial charge >= 0.3 is 5.97 Å². The zero-order valence-corrected chi connectivity index (χ0v) is 4.74. The average molecular weight is 120 g/mol. The molecule has 0 N–H and O–H groups in total. The smallest absolute Gasteiger partial charge is 0.334 e. The second-order valence-electron chi connectivity index (χ2n) is 0.737. The van der Waals surface area contributed by atoms with Crippen LogP contribution in [0.25, 0.3) is 0 Å². The normalized spacial score (nSPS) is 9.14. The molecule has 0 saturated carbocycles. The molecular weight excluding hydrogens is 115 g/mol. The van der Waals surface area contributed by atoms with Gasteiger partial charge in [-0.1, -0.05) is 6.58 Å². The van der Waals surface area contributed by atoms with E-state index in [1.54, 1.807) is 0 Å². The molecule has 1 atom stereocenters. The molecule has 0 aromatic carbocycles. The van der Waals surface area contributed by atoms with Crippen molar-refractivity contribution in [3.8, 4) is 0 Å². The zero-order valence-electron chi connectivity index (χ0n) is 3.59. The van der Waals surface area contributed by atoms with Crippen LogP contribution in [0, 0.1) is 0 Å². The molecule has 0 amide bonds. The lowest BCUT2D eigenvalue weighted by atomic mass is 10.7. The van der Waals surface area contributed by atoms with Crippen molar-refractivity contribution >= 4 is 14.7 Å². The van der Waals surface area contributed by atoms with Crippen molar-refractivity contribution in [3.05, 3.63) is 12.7 Å². The highest BCUT2D eigenvalue weighted by molar-refractivity contribution is 7.18. The van der Waals surface area contributed by atoms with E-state index in [-0.39, 0.29) is 0 Å². The lowest BCUT2D eigenvalue weighted by molar-refractivity contribution is -0.128. The number of carbonyl (C=O) groups excluding carboxylic acids is 1. The summed E-state index contributed by atoms with van der Waals surface area (Å²) < 4.78 is 13.5. The van der Waals surface area contributed by atoms with Crippen LogP contribution in [0.2, 0.25) is 0 Å². The Morgan fingerprint density at radius 3 is 2.57 bits per heavy atom. The molecule has 7 heavy (non-hydrogen) atoms. The van der Waals surface area contributed by atoms with Crippen LogP contribution in [-0.2, 0) is 13.9 Å². The van der Waals surface area contributed by atoms with Crippen molar-refractivity contribution in [2.24, 2.45) is 0 Å². The van der Waals surface area contributed by atoms with Gasteiger partial charge in [0.05, 0.1) is 0 Å². The van der Waals surface area contributed by atoms with E-state index in [2.05, 4.69) is 11.1 Å². The first-order chi connectivity index (χ1) is 3.31. The van der Waals surface area contributed by atoms with Crippen molar-refractivity contribution < 1.29 is 13.9 Å². The van der Waals surface area contributed by atoms with Gasteiger partial charge in [0.25, 0.3) is 0 Å². The van der Waals surface area contributed by atoms with E-state index in [0.717, 1.165) is 6.08 Å². The topological polar surface area (TPSA) is 43.4 Å². The highest BCUT2D eigenvalue weighted by atomic mass is 31.1. The van der Waals surface area contributed by atoms with Gasteiger partial charge in [-0.25, -0.2) is 4.79 Å². The summed E-state index contributed by atoms with van der Waals surface area (Å²) >= 11 is 0. The van der Waals surface area contributed by atoms with Crippen LogP contribution < -0.4 is 0 Å². The van der Waals surface area contributed by atoms with E-state index >= 15 is 0 Å². The van der Waals surface area contributed by atoms with Gasteiger partial charge in [-0.05, 0) is 0 Å². The summed E-state index contributed by atoms with van der Waals surface area (Å²) in [5.74, 6) is -0.634. The molecule has 0 radical (unpaired) electrons. The van der Waals surface area contributed by atoms with Gasteiger partial charge in [0, 0.05) is 6.08 Å². The maximum Gasteiger partial charge on any atom is 0.334 e. The van der Waals surface area contributed by atoms with E-state index in [4.69, 9.17) is 0 Å². The van der Waals surface area contributed by atoms with Crippen LogP contribution in [0.3, 0.4) is 0 Å². The van der Waals surface area contributed by atoms with Crippen molar-refractivity contribution in [3.63, 3.8) is 0 Å². The Hall–Kier alpha value is -0.560. The molecule has 0 heterocycles. The molecule has 0 bridgehead atoms. The fourth-order valence-electron chi connectivity index (χ4n) is 0.0955. The lowest BCUT2D eigenvalue weighted by Crippen LogP contribution is -1.86. The Morgan fingerprint density at radius 2 is 2.43 bits per heavy atom. The van der Waals surface area contributed by atoms with Crippen LogP contribution in [0.1, 0.15) is 0 Å². The number of hydrogen-bond donors (Lipinski definition) is 0. The average Bonchev–Trinajstić information content (AvgIpc) is 1.68. The molecule has 0 aliphatic carbocycles. The van der Waals surface area contributed by atoms with Crippen molar-refractivity contribution in [1.82, 2.24) is 0 Å². The highest BCUT2D eigenvalue weighted by Gasteiger charge is 1.85. The first-order valence-electron chi connectivity index (χ1n) is 1.58. The van der Waals surface area contributed by atoms with Crippen molar-refractivity contribution in [1.29, 1.82) is 0 Å². The summed E-state index contributed by atoms with van der Waals surface area (Å²) in [6.07, 6.45) is 0.963. The van der Waals surface area contributed by atoms with Gasteiger partial charge in [-0.3, -0.25) is 4.57 Å². The van der Waals surface area contributed by atoms with E-state index in [1.807, 2.05) is 0 Å². The largest absolute Gasteiger partial charge is 0.413 e. The Kier molecular flexibility index (Phi) is 3.33. The zero-order chi connectivity index (χ0) is 5.70. The maximum atomic E-state index is 9.89. The van der Waals surface area contributed by atoms with Gasteiger partial charge in [0.1, 0.15) is 0 Å². The van der Waals surface area contributed by atoms with Crippen LogP contribution in [0.5, 0.6) is 0 Å². The molecule has 0 rings (SSSR count). The molecule has 1 unspecified atom stereocenters. The fourth-order valence-corrected chi connectivity index (χ4v) is 0.287. The van der Waals surface area contributed by atoms with Crippen LogP contribution in [-0.4, -0.2) is 5.97 Å². The van der Waals surface area contributed by atoms with Crippen molar-refractivity contribution in [2.45, 2.75) is 0 Å². The third kappa shape index (κ3) is 3.27. The van der Waals surface area contributed by atoms with E-state index < -0.39 is 14.7 Å². The minimum atomic E-state index is -1.42. The Morgan fingerprint density at radius 1 is 1.86 bits per heavy atom. The molecule has 40 valence electrons. The number of hydrogen-bond acceptors (Lipinski definition) is 3. The number of carbonyl (C=O) groups is 1. The Bertz CT molecular complexity index is 98.4. The Labute approximate surface area is 42.3 Å². The minimum Gasteiger partial charge on any atom is -0.413 e. The summed E-state index contributed by atoms with van der Waals surface area (Å²) in [6, 6.07) is 0. The molecule has 3 nitrogen and oxygen atoms in total. The van der Waals surface area contributed by atoms with Crippen LogP contribution >= 0.6 is 8.69 Å². The predicted molar refractivity (Wildman–Crippen MR) is 26.7 cm³/mol. The lowest BCUT2D eigenvalue weighted by Gasteiger charge is -1.82. The van der Waals surface area contributed by atoms with E-state index in [0.29, 0.717) is 0 Å². The van der Waals surface area contributed by atoms with Gasteiger partial charge in [0.15, 0.2) is 0 Å². The quantitative estimate of drug-likeness (QED) is 0.391. The van der Waals surface area contributed by atoms with Gasteiger partial charge < -0.3 is 4.52 Å². The van der Waals surface area contributed by atoms with Crippen LogP contribution in [0.15, 0.2) is 12.7 Å². The first kappa shape index (κ1) is 6.44. The summed E-state index contributed by atoms with van der Waals surface area (Å²) in [5, 5.41) is 0. The number of rotatable bonds is 2. The third-order valence-corrected chi connectivity index (χ3v) is 0.659. The first-order valence-corrected chi connectivity index (χ1v) is 2.52. The standard InChI is InChI=1S/C3H5O3P/c1-2-3(4)6-7-5/h2H,1,7H2. The third-order valence-electron chi connectivity index (χ3n) is 0.331. The maximum absolute atomic E-state index is 9.89. The minimum absolute atomic E-state index is 0.634. The molecule has 4 heteroatoms. The second-order valence-corrected chi connectivity index (χ2v) is 1.17. The summed E-state index contributed by atoms with van der Waals surface area (Å²) in [7, 11) is -1.42. The van der Waals surface area contributed by atoms with E-state index in [1.165, 1.54) is 0 Å². The summed E-state index contributed by atoms with van der Waals surface area (Å²) in [6.45, 7) is 3.08. The molecule has 0 spiro atoms. The molecule has 0 aliphatic heterocycles. The Balaban J connectivity index is 3.36. The predicted octanol–water partition coefficient (Wildman–Crippen LogP) is 0.387. The highest BCUT2D eigenvalue weighted by Crippen LogP contribution is 1.93. The van der Waals surface area contributed by atoms with Gasteiger partial charge in [-0.2, -0.15) is 0 Å². The van der Waals surface area contributed by atoms with Crippen LogP contribution in [0.4, 0.5) is 0 Å². The monoisotopic (exact) mass is 120 g/mol. The molecule has 0 fully saturated rings. The molecule has 0 saturated heterocycles. The molecule has 0 aromatic rings. The molecular formula is C3H5O3P. The molecule has 0 aliphatic rings. The van der Waals surface area contributed by atoms with E-state index in [9.17, 15) is 9.36 Å². The fraction of sp³-hybridized carbons (Fsp3) is 0. The summed E-state index contributed by atoms with van der Waals surface area (Å²) in [4.78, 5) is 9.89. The van der Waals surface area contributed by atoms with Gasteiger partial charge in [0.2, 0.25) is 8.69 Å². The summed E-state index contributed by atoms with van der Waals surface area (Å²) in [5.41, 5.74) is 0. The van der Waals surface area contributed by atoms with Gasteiger partial charge in [-0.15, -0.1) is 0 Å². The SMILES string of the molecule is C=CC(=O)O[PH2]=O. The van der Waals surface area contributed by atoms with Crippen molar-refractivity contribution in [2.75, 3.05) is 0 Å². The second kappa shape index (κ2) is 3.62.